The fraction of sp³-hybridized carbons (Fsp3) is 0.143. The van der Waals surface area contributed by atoms with Crippen LogP contribution in [0.1, 0.15) is 33.4 Å². The van der Waals surface area contributed by atoms with E-state index < -0.39 is 15.6 Å². The maximum absolute atomic E-state index is 13.3. The number of hydrogen-bond donors (Lipinski definition) is 0. The number of benzene rings is 6. The normalized spacial score (nSPS) is 10.8. The standard InChI is InChI=1S/2C21H21O4P.2ClH.Ni/c2*1-16-4-10-19(11-5-16)23-26(22,24-20-12-6-17(2)7-13-20)25-21-14-8-18(3)9-15-21;;;/h2*4-15H,1-3H3;2*1H;/q;;;;+2/p-2. The van der Waals surface area contributed by atoms with Crippen LogP contribution in [0.25, 0.3) is 0 Å². The second kappa shape index (κ2) is 21.1. The zero-order valence-corrected chi connectivity index (χ0v) is 35.4. The van der Waals surface area contributed by atoms with Crippen molar-refractivity contribution in [2.75, 3.05) is 0 Å². The van der Waals surface area contributed by atoms with Crippen molar-refractivity contribution in [1.29, 1.82) is 0 Å². The van der Waals surface area contributed by atoms with Crippen molar-refractivity contribution in [3.8, 4) is 34.5 Å². The molecule has 0 N–H and O–H groups in total. The molecule has 0 heterocycles. The molecule has 6 rings (SSSR count). The van der Waals surface area contributed by atoms with Gasteiger partial charge in [0.2, 0.25) is 0 Å². The zero-order valence-electron chi connectivity index (χ0n) is 31.1. The van der Waals surface area contributed by atoms with Crippen molar-refractivity contribution in [3.05, 3.63) is 179 Å². The Morgan fingerprint density at radius 2 is 0.418 bits per heavy atom. The molecule has 6 aromatic carbocycles. The Morgan fingerprint density at radius 3 is 0.527 bits per heavy atom. The summed E-state index contributed by atoms with van der Waals surface area (Å²) in [6.07, 6.45) is 0. The Kier molecular flexibility index (Phi) is 16.6. The predicted molar refractivity (Wildman–Crippen MR) is 218 cm³/mol. The van der Waals surface area contributed by atoms with Gasteiger partial charge in [-0.3, -0.25) is 0 Å². The summed E-state index contributed by atoms with van der Waals surface area (Å²) < 4.78 is 60.4. The van der Waals surface area contributed by atoms with Gasteiger partial charge >= 0.3 is 48.7 Å². The molecule has 0 aliphatic rings. The van der Waals surface area contributed by atoms with Gasteiger partial charge in [0.05, 0.1) is 0 Å². The van der Waals surface area contributed by atoms with Crippen LogP contribution in [-0.2, 0) is 21.8 Å². The Labute approximate surface area is 338 Å². The van der Waals surface area contributed by atoms with Crippen LogP contribution in [-0.4, -0.2) is 0 Å². The van der Waals surface area contributed by atoms with Crippen molar-refractivity contribution in [2.24, 2.45) is 0 Å². The number of phosphoric ester groups is 2. The summed E-state index contributed by atoms with van der Waals surface area (Å²) in [4.78, 5) is 0. The van der Waals surface area contributed by atoms with Crippen LogP contribution in [0.4, 0.5) is 0 Å². The molecule has 0 saturated carbocycles. The summed E-state index contributed by atoms with van der Waals surface area (Å²) in [5.41, 5.74) is 6.45. The summed E-state index contributed by atoms with van der Waals surface area (Å²) in [7, 11) is 1.54. The molecule has 0 aliphatic heterocycles. The van der Waals surface area contributed by atoms with Crippen molar-refractivity contribution < 1.29 is 48.9 Å². The van der Waals surface area contributed by atoms with E-state index in [1.54, 1.807) is 72.8 Å². The molecular formula is C42H42Cl2NiO8P2. The molecule has 0 fully saturated rings. The number of phosphoric acid groups is 2. The minimum absolute atomic E-state index is 0.415. The number of halogens is 2. The van der Waals surface area contributed by atoms with Crippen LogP contribution in [0, 0.1) is 41.5 Å². The summed E-state index contributed by atoms with van der Waals surface area (Å²) in [5.74, 6) is 2.49. The van der Waals surface area contributed by atoms with E-state index in [0.717, 1.165) is 33.4 Å². The van der Waals surface area contributed by atoms with E-state index in [9.17, 15) is 9.13 Å². The third-order valence-corrected chi connectivity index (χ3v) is 10.0. The molecule has 0 saturated heterocycles. The Hall–Kier alpha value is -4.35. The average Bonchev–Trinajstić information content (AvgIpc) is 3.15. The van der Waals surface area contributed by atoms with Gasteiger partial charge in [-0.25, -0.2) is 0 Å². The number of hydrogen-bond acceptors (Lipinski definition) is 8. The fourth-order valence-electron chi connectivity index (χ4n) is 4.48. The third-order valence-electron chi connectivity index (χ3n) is 7.43. The van der Waals surface area contributed by atoms with Crippen LogP contribution in [0.15, 0.2) is 146 Å². The van der Waals surface area contributed by atoms with Gasteiger partial charge in [-0.05, 0) is 114 Å². The SMILES string of the molecule is Cc1ccc(OP(=O)(Oc2ccc(C)cc2)Oc2ccc(C)cc2)cc1.Cc1ccc(OP(=O)(Oc2ccc(C)cc2)Oc2ccc(C)cc2)cc1.[Cl][Ni][Cl]. The van der Waals surface area contributed by atoms with E-state index >= 15 is 0 Å². The van der Waals surface area contributed by atoms with Gasteiger partial charge in [-0.1, -0.05) is 106 Å². The topological polar surface area (TPSA) is 89.5 Å². The first-order valence-electron chi connectivity index (χ1n) is 16.9. The molecule has 0 spiro atoms. The van der Waals surface area contributed by atoms with Crippen LogP contribution in [0.5, 0.6) is 34.5 Å². The maximum atomic E-state index is 13.3. The monoisotopic (exact) mass is 864 g/mol. The molecule has 0 unspecified atom stereocenters. The second-order valence-electron chi connectivity index (χ2n) is 12.4. The van der Waals surface area contributed by atoms with E-state index in [2.05, 4.69) is 0 Å². The van der Waals surface area contributed by atoms with E-state index in [-0.39, 0.29) is 0 Å². The Bertz CT molecular complexity index is 1750. The Balaban J connectivity index is 0.000000228. The van der Waals surface area contributed by atoms with Crippen LogP contribution in [0.3, 0.4) is 0 Å². The molecule has 0 amide bonds. The average molecular weight is 866 g/mol. The van der Waals surface area contributed by atoms with Crippen molar-refractivity contribution in [1.82, 2.24) is 0 Å². The fourth-order valence-corrected chi connectivity index (χ4v) is 6.98. The number of aryl methyl sites for hydroxylation is 6. The number of rotatable bonds is 12. The first-order valence-corrected chi connectivity index (χ1v) is 22.5. The molecule has 0 radical (unpaired) electrons. The van der Waals surface area contributed by atoms with E-state index in [1.807, 2.05) is 114 Å². The molecule has 0 bridgehead atoms. The van der Waals surface area contributed by atoms with Crippen LogP contribution in [0.2, 0.25) is 0 Å². The van der Waals surface area contributed by atoms with Gasteiger partial charge < -0.3 is 27.1 Å². The molecule has 13 heteroatoms. The van der Waals surface area contributed by atoms with Crippen molar-refractivity contribution >= 4 is 36.0 Å². The van der Waals surface area contributed by atoms with Gasteiger partial charge in [-0.15, -0.1) is 0 Å². The molecule has 6 aromatic rings. The first kappa shape index (κ1) is 43.4. The van der Waals surface area contributed by atoms with E-state index in [1.165, 1.54) is 0 Å². The summed E-state index contributed by atoms with van der Waals surface area (Å²) in [5, 5.41) is 0. The van der Waals surface area contributed by atoms with Gasteiger partial charge in [0.25, 0.3) is 0 Å². The predicted octanol–water partition coefficient (Wildman–Crippen LogP) is 13.9. The van der Waals surface area contributed by atoms with Crippen molar-refractivity contribution in [3.63, 3.8) is 0 Å². The van der Waals surface area contributed by atoms with E-state index in [4.69, 9.17) is 47.5 Å². The van der Waals surface area contributed by atoms with Crippen LogP contribution >= 0.6 is 36.0 Å². The third kappa shape index (κ3) is 15.4. The quantitative estimate of drug-likeness (QED) is 0.0887. The summed E-state index contributed by atoms with van der Waals surface area (Å²) in [6, 6.07) is 43.3. The van der Waals surface area contributed by atoms with Gasteiger partial charge in [-0.2, -0.15) is 9.13 Å². The first-order chi connectivity index (χ1) is 26.2. The molecule has 8 nitrogen and oxygen atoms in total. The van der Waals surface area contributed by atoms with Gasteiger partial charge in [0.1, 0.15) is 34.5 Å². The molecule has 0 atom stereocenters. The summed E-state index contributed by atoms with van der Waals surface area (Å²) in [6.45, 7) is 11.8. The molecule has 0 aliphatic carbocycles. The van der Waals surface area contributed by atoms with Gasteiger partial charge in [0, 0.05) is 0 Å². The Morgan fingerprint density at radius 1 is 0.309 bits per heavy atom. The van der Waals surface area contributed by atoms with Crippen LogP contribution < -0.4 is 27.1 Å². The molecular weight excluding hydrogens is 824 g/mol. The minimum atomic E-state index is -3.93. The van der Waals surface area contributed by atoms with E-state index in [0.29, 0.717) is 47.2 Å². The molecule has 0 aromatic heterocycles. The van der Waals surface area contributed by atoms with Gasteiger partial charge in [0.15, 0.2) is 0 Å². The summed E-state index contributed by atoms with van der Waals surface area (Å²) >= 11 is 0.569. The zero-order chi connectivity index (χ0) is 39.8. The molecule has 55 heavy (non-hydrogen) atoms. The second-order valence-corrected chi connectivity index (χ2v) is 16.9. The molecule has 292 valence electrons. The van der Waals surface area contributed by atoms with Crippen molar-refractivity contribution in [2.45, 2.75) is 41.5 Å².